The van der Waals surface area contributed by atoms with Crippen molar-refractivity contribution in [3.05, 3.63) is 53.7 Å². The van der Waals surface area contributed by atoms with Gasteiger partial charge in [0.1, 0.15) is 5.03 Å². The molecule has 0 atom stereocenters. The Hall–Kier alpha value is -2.87. The van der Waals surface area contributed by atoms with Gasteiger partial charge in [-0.05, 0) is 36.4 Å². The van der Waals surface area contributed by atoms with Crippen LogP contribution in [0.3, 0.4) is 0 Å². The van der Waals surface area contributed by atoms with E-state index >= 15 is 0 Å². The zero-order chi connectivity index (χ0) is 16.8. The normalized spacial score (nSPS) is 10.1. The summed E-state index contributed by atoms with van der Waals surface area (Å²) in [4.78, 5) is 37.6. The van der Waals surface area contributed by atoms with E-state index in [1.54, 1.807) is 0 Å². The Bertz CT molecular complexity index is 746. The highest BCUT2D eigenvalue weighted by molar-refractivity contribution is 8.00. The summed E-state index contributed by atoms with van der Waals surface area (Å²) in [5.74, 6) is -2.52. The molecule has 2 aromatic rings. The molecule has 2 rings (SSSR count). The molecule has 0 bridgehead atoms. The van der Waals surface area contributed by atoms with Crippen molar-refractivity contribution < 1.29 is 24.6 Å². The van der Waals surface area contributed by atoms with E-state index in [1.807, 2.05) is 0 Å². The number of benzene rings is 1. The number of carbonyl (C=O) groups excluding carboxylic acids is 1. The molecule has 3 N–H and O–H groups in total. The van der Waals surface area contributed by atoms with Crippen LogP contribution in [0.25, 0.3) is 0 Å². The zero-order valence-electron chi connectivity index (χ0n) is 11.7. The lowest BCUT2D eigenvalue weighted by atomic mass is 10.2. The molecule has 1 aromatic heterocycles. The van der Waals surface area contributed by atoms with E-state index < -0.39 is 11.9 Å². The van der Waals surface area contributed by atoms with E-state index in [0.29, 0.717) is 5.69 Å². The van der Waals surface area contributed by atoms with Gasteiger partial charge in [-0.1, -0.05) is 11.8 Å². The van der Waals surface area contributed by atoms with Crippen LogP contribution < -0.4 is 5.32 Å². The molecule has 0 spiro atoms. The maximum atomic E-state index is 11.9. The van der Waals surface area contributed by atoms with E-state index in [1.165, 1.54) is 42.6 Å². The summed E-state index contributed by atoms with van der Waals surface area (Å²) in [5, 5.41) is 20.7. The maximum Gasteiger partial charge on any atom is 0.338 e. The van der Waals surface area contributed by atoms with Crippen LogP contribution >= 0.6 is 11.8 Å². The van der Waals surface area contributed by atoms with Crippen molar-refractivity contribution in [3.8, 4) is 0 Å². The average molecular weight is 332 g/mol. The van der Waals surface area contributed by atoms with Gasteiger partial charge in [0.25, 0.3) is 0 Å². The largest absolute Gasteiger partial charge is 0.478 e. The molecule has 23 heavy (non-hydrogen) atoms. The number of pyridine rings is 1. The van der Waals surface area contributed by atoms with Crippen molar-refractivity contribution in [3.63, 3.8) is 0 Å². The lowest BCUT2D eigenvalue weighted by Crippen LogP contribution is -2.14. The monoisotopic (exact) mass is 332 g/mol. The van der Waals surface area contributed by atoms with Crippen LogP contribution in [0.2, 0.25) is 0 Å². The van der Waals surface area contributed by atoms with Crippen molar-refractivity contribution in [2.75, 3.05) is 11.1 Å². The first kappa shape index (κ1) is 16.5. The first-order valence-electron chi connectivity index (χ1n) is 6.41. The van der Waals surface area contributed by atoms with Crippen molar-refractivity contribution >= 4 is 35.3 Å². The lowest BCUT2D eigenvalue weighted by molar-refractivity contribution is -0.113. The summed E-state index contributed by atoms with van der Waals surface area (Å²) in [7, 11) is 0. The van der Waals surface area contributed by atoms with Crippen LogP contribution in [0, 0.1) is 0 Å². The lowest BCUT2D eigenvalue weighted by Gasteiger charge is -2.06. The van der Waals surface area contributed by atoms with Gasteiger partial charge in [-0.25, -0.2) is 14.6 Å². The third kappa shape index (κ3) is 4.55. The van der Waals surface area contributed by atoms with Gasteiger partial charge in [0.05, 0.1) is 16.9 Å². The molecular formula is C15H12N2O5S. The molecule has 8 heteroatoms. The maximum absolute atomic E-state index is 11.9. The first-order chi connectivity index (χ1) is 11.0. The Morgan fingerprint density at radius 2 is 1.74 bits per heavy atom. The first-order valence-corrected chi connectivity index (χ1v) is 7.40. The fourth-order valence-electron chi connectivity index (χ4n) is 1.70. The smallest absolute Gasteiger partial charge is 0.338 e. The number of aromatic carboxylic acids is 2. The summed E-state index contributed by atoms with van der Waals surface area (Å²) < 4.78 is 0. The van der Waals surface area contributed by atoms with Crippen LogP contribution in [0.4, 0.5) is 5.69 Å². The Morgan fingerprint density at radius 3 is 2.35 bits per heavy atom. The molecule has 0 aliphatic rings. The van der Waals surface area contributed by atoms with Gasteiger partial charge in [0.15, 0.2) is 0 Å². The minimum absolute atomic E-state index is 0.0159. The number of hydrogen-bond donors (Lipinski definition) is 3. The predicted octanol–water partition coefficient (Wildman–Crippen LogP) is 2.21. The van der Waals surface area contributed by atoms with Gasteiger partial charge >= 0.3 is 11.9 Å². The third-order valence-electron chi connectivity index (χ3n) is 2.76. The van der Waals surface area contributed by atoms with Crippen LogP contribution in [0.1, 0.15) is 20.7 Å². The SMILES string of the molecule is O=C(CSc1ncccc1C(=O)O)Nc1ccc(C(=O)O)cc1. The highest BCUT2D eigenvalue weighted by Gasteiger charge is 2.13. The number of anilines is 1. The number of nitrogens with zero attached hydrogens (tertiary/aromatic N) is 1. The Kier molecular flexibility index (Phi) is 5.32. The molecule has 0 fully saturated rings. The van der Waals surface area contributed by atoms with Gasteiger partial charge in [0.2, 0.25) is 5.91 Å². The number of hydrogen-bond acceptors (Lipinski definition) is 5. The van der Waals surface area contributed by atoms with E-state index in [4.69, 9.17) is 10.2 Å². The number of aromatic nitrogens is 1. The predicted molar refractivity (Wildman–Crippen MR) is 84.0 cm³/mol. The fourth-order valence-corrected chi connectivity index (χ4v) is 2.48. The summed E-state index contributed by atoms with van der Waals surface area (Å²) in [6.07, 6.45) is 1.46. The van der Waals surface area contributed by atoms with Crippen molar-refractivity contribution in [1.82, 2.24) is 4.98 Å². The van der Waals surface area contributed by atoms with Crippen molar-refractivity contribution in [1.29, 1.82) is 0 Å². The molecule has 1 amide bonds. The summed E-state index contributed by atoms with van der Waals surface area (Å²) in [5.41, 5.74) is 0.619. The van der Waals surface area contributed by atoms with Crippen LogP contribution in [-0.2, 0) is 4.79 Å². The van der Waals surface area contributed by atoms with Gasteiger partial charge in [-0.2, -0.15) is 0 Å². The highest BCUT2D eigenvalue weighted by Crippen LogP contribution is 2.20. The Labute approximate surface area is 135 Å². The second-order valence-corrected chi connectivity index (χ2v) is 5.34. The standard InChI is InChI=1S/C15H12N2O5S/c18-12(17-10-5-3-9(4-6-10)14(19)20)8-23-13-11(15(21)22)2-1-7-16-13/h1-7H,8H2,(H,17,18)(H,19,20)(H,21,22). The van der Waals surface area contributed by atoms with Crippen molar-refractivity contribution in [2.45, 2.75) is 5.03 Å². The molecule has 1 heterocycles. The number of thioether (sulfide) groups is 1. The minimum Gasteiger partial charge on any atom is -0.478 e. The summed E-state index contributed by atoms with van der Waals surface area (Å²) in [6.45, 7) is 0. The van der Waals surface area contributed by atoms with Crippen LogP contribution in [0.5, 0.6) is 0 Å². The quantitative estimate of drug-likeness (QED) is 0.694. The molecule has 0 saturated carbocycles. The molecule has 0 radical (unpaired) electrons. The number of rotatable bonds is 6. The van der Waals surface area contributed by atoms with E-state index in [-0.39, 0.29) is 27.8 Å². The van der Waals surface area contributed by atoms with Crippen LogP contribution in [-0.4, -0.2) is 38.8 Å². The number of carboxylic acids is 2. The van der Waals surface area contributed by atoms with Gasteiger partial charge in [-0.3, -0.25) is 4.79 Å². The summed E-state index contributed by atoms with van der Waals surface area (Å²) in [6, 6.07) is 8.65. The molecule has 1 aromatic carbocycles. The Balaban J connectivity index is 1.95. The molecule has 0 aliphatic carbocycles. The molecule has 7 nitrogen and oxygen atoms in total. The van der Waals surface area contributed by atoms with E-state index in [9.17, 15) is 14.4 Å². The van der Waals surface area contributed by atoms with Gasteiger partial charge in [-0.15, -0.1) is 0 Å². The fraction of sp³-hybridized carbons (Fsp3) is 0.0667. The number of amides is 1. The average Bonchev–Trinajstić information content (AvgIpc) is 2.53. The van der Waals surface area contributed by atoms with Gasteiger partial charge < -0.3 is 15.5 Å². The molecule has 0 saturated heterocycles. The molecule has 118 valence electrons. The zero-order valence-corrected chi connectivity index (χ0v) is 12.5. The summed E-state index contributed by atoms with van der Waals surface area (Å²) >= 11 is 1.01. The van der Waals surface area contributed by atoms with E-state index in [2.05, 4.69) is 10.3 Å². The Morgan fingerprint density at radius 1 is 1.04 bits per heavy atom. The van der Waals surface area contributed by atoms with E-state index in [0.717, 1.165) is 11.8 Å². The minimum atomic E-state index is -1.11. The molecule has 0 aliphatic heterocycles. The highest BCUT2D eigenvalue weighted by atomic mass is 32.2. The number of carbonyl (C=O) groups is 3. The third-order valence-corrected chi connectivity index (χ3v) is 3.76. The van der Waals surface area contributed by atoms with Crippen LogP contribution in [0.15, 0.2) is 47.6 Å². The number of carboxylic acid groups (broad SMARTS) is 2. The number of nitrogens with one attached hydrogen (secondary N) is 1. The van der Waals surface area contributed by atoms with Crippen molar-refractivity contribution in [2.24, 2.45) is 0 Å². The topological polar surface area (TPSA) is 117 Å². The molecule has 0 unspecified atom stereocenters. The second kappa shape index (κ2) is 7.41. The van der Waals surface area contributed by atoms with Gasteiger partial charge in [0, 0.05) is 11.9 Å². The molecular weight excluding hydrogens is 320 g/mol. The second-order valence-electron chi connectivity index (χ2n) is 4.38.